The number of nitrogens with one attached hydrogen (secondary N) is 2. The lowest BCUT2D eigenvalue weighted by atomic mass is 10.3. The molecule has 0 saturated carbocycles. The Balaban J connectivity index is 0.00000220. The number of nitrogens with zero attached hydrogens (tertiary/aromatic N) is 1. The number of aliphatic imine (C=N–C) groups is 1. The van der Waals surface area contributed by atoms with Crippen LogP contribution in [0.2, 0.25) is 0 Å². The van der Waals surface area contributed by atoms with Gasteiger partial charge in [-0.05, 0) is 41.4 Å². The van der Waals surface area contributed by atoms with Crippen LogP contribution in [0.15, 0.2) is 20.9 Å². The number of hydrogen-bond donors (Lipinski definition) is 2. The van der Waals surface area contributed by atoms with E-state index in [1.165, 1.54) is 0 Å². The Kier molecular flexibility index (Phi) is 7.93. The molecule has 9 heteroatoms. The van der Waals surface area contributed by atoms with Crippen LogP contribution in [0.25, 0.3) is 0 Å². The van der Waals surface area contributed by atoms with E-state index < -0.39 is 9.84 Å². The smallest absolute Gasteiger partial charge is 0.191 e. The van der Waals surface area contributed by atoms with Crippen molar-refractivity contribution in [3.05, 3.63) is 20.8 Å². The molecule has 0 amide bonds. The van der Waals surface area contributed by atoms with Crippen LogP contribution in [-0.4, -0.2) is 38.5 Å². The zero-order valence-corrected chi connectivity index (χ0v) is 17.2. The Hall–Kier alpha value is 0.130. The number of guanidine groups is 1. The Labute approximate surface area is 155 Å². The van der Waals surface area contributed by atoms with Gasteiger partial charge < -0.3 is 10.6 Å². The lowest BCUT2D eigenvalue weighted by molar-refractivity contribution is 0.599. The van der Waals surface area contributed by atoms with Gasteiger partial charge in [0.25, 0.3) is 0 Å². The van der Waals surface area contributed by atoms with Crippen molar-refractivity contribution < 1.29 is 8.42 Å². The zero-order chi connectivity index (χ0) is 14.6. The minimum Gasteiger partial charge on any atom is -0.357 e. The summed E-state index contributed by atoms with van der Waals surface area (Å²) < 4.78 is 24.0. The average molecular weight is 508 g/mol. The normalized spacial score (nSPS) is 20.9. The summed E-state index contributed by atoms with van der Waals surface area (Å²) in [5.74, 6) is 1.14. The average Bonchev–Trinajstić information content (AvgIpc) is 2.93. The van der Waals surface area contributed by atoms with E-state index in [1.54, 1.807) is 11.3 Å². The van der Waals surface area contributed by atoms with Gasteiger partial charge in [0.1, 0.15) is 0 Å². The molecule has 1 atom stereocenters. The molecule has 2 heterocycles. The molecular formula is C12H19BrIN3O2S2. The van der Waals surface area contributed by atoms with E-state index in [2.05, 4.69) is 31.6 Å². The SMILES string of the molecule is CCNC(=NCc1ccc(Br)s1)NC1CCS(=O)(=O)C1.I. The third-order valence-corrected chi connectivity index (χ3v) is 6.32. The zero-order valence-electron chi connectivity index (χ0n) is 11.6. The van der Waals surface area contributed by atoms with Crippen LogP contribution < -0.4 is 10.6 Å². The Bertz CT molecular complexity index is 589. The number of thiophene rings is 1. The number of sulfone groups is 1. The van der Waals surface area contributed by atoms with Gasteiger partial charge in [-0.25, -0.2) is 13.4 Å². The fourth-order valence-electron chi connectivity index (χ4n) is 2.02. The predicted octanol–water partition coefficient (Wildman–Crippen LogP) is 2.37. The summed E-state index contributed by atoms with van der Waals surface area (Å²) in [6.07, 6.45) is 0.650. The highest BCUT2D eigenvalue weighted by molar-refractivity contribution is 14.0. The van der Waals surface area contributed by atoms with Gasteiger partial charge in [-0.3, -0.25) is 0 Å². The molecule has 0 spiro atoms. The number of hydrogen-bond acceptors (Lipinski definition) is 4. The minimum atomic E-state index is -2.87. The van der Waals surface area contributed by atoms with Crippen molar-refractivity contribution >= 4 is 67.0 Å². The molecule has 2 N–H and O–H groups in total. The molecule has 1 aromatic heterocycles. The Morgan fingerprint density at radius 2 is 2.29 bits per heavy atom. The molecule has 0 radical (unpaired) electrons. The minimum absolute atomic E-state index is 0. The van der Waals surface area contributed by atoms with Crippen molar-refractivity contribution in [1.29, 1.82) is 0 Å². The molecule has 120 valence electrons. The van der Waals surface area contributed by atoms with Crippen molar-refractivity contribution in [2.24, 2.45) is 4.99 Å². The molecule has 1 fully saturated rings. The standard InChI is InChI=1S/C12H18BrN3O2S2.HI/c1-2-14-12(15-7-10-3-4-11(13)19-10)16-9-5-6-20(17,18)8-9;/h3-4,9H,2,5-8H2,1H3,(H2,14,15,16);1H. The van der Waals surface area contributed by atoms with E-state index in [0.717, 1.165) is 15.2 Å². The van der Waals surface area contributed by atoms with Crippen LogP contribution in [-0.2, 0) is 16.4 Å². The van der Waals surface area contributed by atoms with Crippen molar-refractivity contribution in [1.82, 2.24) is 10.6 Å². The highest BCUT2D eigenvalue weighted by Crippen LogP contribution is 2.22. The quantitative estimate of drug-likeness (QED) is 0.373. The second-order valence-corrected chi connectivity index (χ2v) is 9.42. The van der Waals surface area contributed by atoms with E-state index in [9.17, 15) is 8.42 Å². The fraction of sp³-hybridized carbons (Fsp3) is 0.583. The summed E-state index contributed by atoms with van der Waals surface area (Å²) in [5, 5.41) is 6.35. The van der Waals surface area contributed by atoms with Crippen LogP contribution >= 0.6 is 51.2 Å². The molecule has 0 bridgehead atoms. The number of rotatable bonds is 4. The number of halogens is 2. The maximum Gasteiger partial charge on any atom is 0.191 e. The first-order valence-electron chi connectivity index (χ1n) is 6.48. The lowest BCUT2D eigenvalue weighted by Crippen LogP contribution is -2.44. The maximum atomic E-state index is 11.5. The first kappa shape index (κ1) is 19.2. The monoisotopic (exact) mass is 507 g/mol. The van der Waals surface area contributed by atoms with E-state index in [4.69, 9.17) is 0 Å². The highest BCUT2D eigenvalue weighted by atomic mass is 127. The summed E-state index contributed by atoms with van der Waals surface area (Å²) >= 11 is 5.07. The summed E-state index contributed by atoms with van der Waals surface area (Å²) in [5.41, 5.74) is 0. The van der Waals surface area contributed by atoms with E-state index >= 15 is 0 Å². The third-order valence-electron chi connectivity index (χ3n) is 2.94. The first-order chi connectivity index (χ1) is 9.48. The fourth-order valence-corrected chi connectivity index (χ4v) is 5.10. The van der Waals surface area contributed by atoms with Crippen LogP contribution in [0.5, 0.6) is 0 Å². The van der Waals surface area contributed by atoms with Crippen molar-refractivity contribution in [3.8, 4) is 0 Å². The second-order valence-electron chi connectivity index (χ2n) is 4.65. The molecule has 1 aliphatic rings. The van der Waals surface area contributed by atoms with Gasteiger partial charge >= 0.3 is 0 Å². The van der Waals surface area contributed by atoms with Crippen LogP contribution in [0.3, 0.4) is 0 Å². The molecule has 1 aromatic rings. The van der Waals surface area contributed by atoms with E-state index in [0.29, 0.717) is 18.9 Å². The molecule has 1 aliphatic heterocycles. The van der Waals surface area contributed by atoms with Crippen molar-refractivity contribution in [2.45, 2.75) is 25.9 Å². The van der Waals surface area contributed by atoms with Crippen molar-refractivity contribution in [2.75, 3.05) is 18.1 Å². The van der Waals surface area contributed by atoms with Gasteiger partial charge in [-0.15, -0.1) is 35.3 Å². The first-order valence-corrected chi connectivity index (χ1v) is 9.91. The predicted molar refractivity (Wildman–Crippen MR) is 102 cm³/mol. The van der Waals surface area contributed by atoms with Crippen LogP contribution in [0.1, 0.15) is 18.2 Å². The second kappa shape index (κ2) is 8.68. The molecule has 1 saturated heterocycles. The molecule has 5 nitrogen and oxygen atoms in total. The molecule has 2 rings (SSSR count). The topological polar surface area (TPSA) is 70.6 Å². The van der Waals surface area contributed by atoms with Crippen LogP contribution in [0.4, 0.5) is 0 Å². The molecule has 21 heavy (non-hydrogen) atoms. The summed E-state index contributed by atoms with van der Waals surface area (Å²) in [4.78, 5) is 5.66. The maximum absolute atomic E-state index is 11.5. The van der Waals surface area contributed by atoms with E-state index in [1.807, 2.05) is 19.1 Å². The Morgan fingerprint density at radius 3 is 2.81 bits per heavy atom. The van der Waals surface area contributed by atoms with Crippen LogP contribution in [0, 0.1) is 0 Å². The van der Waals surface area contributed by atoms with Gasteiger partial charge in [0.15, 0.2) is 15.8 Å². The third kappa shape index (κ3) is 6.41. The van der Waals surface area contributed by atoms with Gasteiger partial charge in [0, 0.05) is 17.5 Å². The molecule has 0 aromatic carbocycles. The summed E-state index contributed by atoms with van der Waals surface area (Å²) in [7, 11) is -2.87. The van der Waals surface area contributed by atoms with Gasteiger partial charge in [0.05, 0.1) is 21.8 Å². The molecule has 0 aliphatic carbocycles. The van der Waals surface area contributed by atoms with Gasteiger partial charge in [0.2, 0.25) is 0 Å². The van der Waals surface area contributed by atoms with E-state index in [-0.39, 0.29) is 41.5 Å². The van der Waals surface area contributed by atoms with Crippen molar-refractivity contribution in [3.63, 3.8) is 0 Å². The highest BCUT2D eigenvalue weighted by Gasteiger charge is 2.28. The largest absolute Gasteiger partial charge is 0.357 e. The Morgan fingerprint density at radius 1 is 1.52 bits per heavy atom. The lowest BCUT2D eigenvalue weighted by Gasteiger charge is -2.15. The molecular weight excluding hydrogens is 489 g/mol. The summed E-state index contributed by atoms with van der Waals surface area (Å²) in [6.45, 7) is 3.33. The van der Waals surface area contributed by atoms with Gasteiger partial charge in [-0.1, -0.05) is 0 Å². The van der Waals surface area contributed by atoms with Gasteiger partial charge in [-0.2, -0.15) is 0 Å². The summed E-state index contributed by atoms with van der Waals surface area (Å²) in [6, 6.07) is 3.99. The molecule has 1 unspecified atom stereocenters.